The van der Waals surface area contributed by atoms with E-state index in [0.717, 1.165) is 0 Å². The Kier molecular flexibility index (Phi) is 6.51. The van der Waals surface area contributed by atoms with Crippen molar-refractivity contribution in [1.29, 1.82) is 0 Å². The highest BCUT2D eigenvalue weighted by Gasteiger charge is 2.40. The van der Waals surface area contributed by atoms with Crippen LogP contribution in [0.3, 0.4) is 0 Å². The Morgan fingerprint density at radius 2 is 1.62 bits per heavy atom. The lowest BCUT2D eigenvalue weighted by atomic mass is 10.0. The molecule has 2 aromatic rings. The summed E-state index contributed by atoms with van der Waals surface area (Å²) < 4.78 is 16.1. The minimum Gasteiger partial charge on any atom is -0.496 e. The number of hydrogen-bond acceptors (Lipinski definition) is 6. The predicted molar refractivity (Wildman–Crippen MR) is 110 cm³/mol. The van der Waals surface area contributed by atoms with E-state index >= 15 is 0 Å². The van der Waals surface area contributed by atoms with E-state index in [9.17, 15) is 9.59 Å². The first kappa shape index (κ1) is 20.4. The largest absolute Gasteiger partial charge is 0.496 e. The highest BCUT2D eigenvalue weighted by molar-refractivity contribution is 6.37. The van der Waals surface area contributed by atoms with E-state index in [-0.39, 0.29) is 24.4 Å². The molecule has 1 N–H and O–H groups in total. The van der Waals surface area contributed by atoms with Crippen molar-refractivity contribution in [1.82, 2.24) is 4.90 Å². The fourth-order valence-electron chi connectivity index (χ4n) is 3.16. The van der Waals surface area contributed by atoms with Crippen LogP contribution in [0.5, 0.6) is 11.5 Å². The van der Waals surface area contributed by atoms with Gasteiger partial charge in [0.05, 0.1) is 38.1 Å². The molecule has 2 amide bonds. The molecule has 29 heavy (non-hydrogen) atoms. The molecule has 1 aliphatic rings. The van der Waals surface area contributed by atoms with E-state index in [0.29, 0.717) is 29.4 Å². The van der Waals surface area contributed by atoms with Gasteiger partial charge >= 0.3 is 0 Å². The predicted octanol–water partition coefficient (Wildman–Crippen LogP) is 2.93. The van der Waals surface area contributed by atoms with Gasteiger partial charge < -0.3 is 19.5 Å². The molecule has 0 spiro atoms. The summed E-state index contributed by atoms with van der Waals surface area (Å²) in [5.41, 5.74) is 1.59. The van der Waals surface area contributed by atoms with Crippen LogP contribution < -0.4 is 14.8 Å². The van der Waals surface area contributed by atoms with Crippen molar-refractivity contribution in [3.8, 4) is 11.5 Å². The number of anilines is 1. The molecule has 0 aliphatic carbocycles. The second-order valence-corrected chi connectivity index (χ2v) is 6.26. The van der Waals surface area contributed by atoms with E-state index in [1.807, 2.05) is 25.1 Å². The molecule has 0 atom stereocenters. The number of nitrogens with zero attached hydrogens (tertiary/aromatic N) is 1. The third-order valence-electron chi connectivity index (χ3n) is 4.51. The fraction of sp³-hybridized carbons (Fsp3) is 0.273. The normalized spacial score (nSPS) is 13.8. The van der Waals surface area contributed by atoms with Crippen molar-refractivity contribution in [3.05, 3.63) is 59.8 Å². The number of methoxy groups -OCH3 is 2. The molecule has 0 saturated carbocycles. The van der Waals surface area contributed by atoms with Crippen LogP contribution in [0.4, 0.5) is 5.69 Å². The molecule has 0 unspecified atom stereocenters. The Morgan fingerprint density at radius 1 is 0.931 bits per heavy atom. The molecule has 1 heterocycles. The second kappa shape index (κ2) is 9.25. The minimum atomic E-state index is -0.417. The summed E-state index contributed by atoms with van der Waals surface area (Å²) in [4.78, 5) is 27.5. The van der Waals surface area contributed by atoms with Gasteiger partial charge in [0.1, 0.15) is 17.2 Å². The van der Waals surface area contributed by atoms with Crippen molar-refractivity contribution < 1.29 is 23.8 Å². The van der Waals surface area contributed by atoms with Gasteiger partial charge in [0.2, 0.25) is 0 Å². The number of nitrogens with one attached hydrogen (secondary N) is 1. The Bertz CT molecular complexity index is 938. The third-order valence-corrected chi connectivity index (χ3v) is 4.51. The summed E-state index contributed by atoms with van der Waals surface area (Å²) in [7, 11) is 3.05. The second-order valence-electron chi connectivity index (χ2n) is 6.26. The van der Waals surface area contributed by atoms with Crippen LogP contribution >= 0.6 is 0 Å². The molecular formula is C22H24N2O5. The minimum absolute atomic E-state index is 0.158. The highest BCUT2D eigenvalue weighted by Crippen LogP contribution is 2.36. The van der Waals surface area contributed by atoms with Gasteiger partial charge in [-0.1, -0.05) is 30.3 Å². The van der Waals surface area contributed by atoms with E-state index in [2.05, 4.69) is 5.32 Å². The molecule has 0 radical (unpaired) electrons. The molecule has 3 rings (SSSR count). The van der Waals surface area contributed by atoms with Crippen LogP contribution in [0, 0.1) is 0 Å². The van der Waals surface area contributed by atoms with Crippen molar-refractivity contribution in [2.75, 3.05) is 39.3 Å². The molecule has 0 saturated heterocycles. The Labute approximate surface area is 169 Å². The van der Waals surface area contributed by atoms with Gasteiger partial charge in [-0.25, -0.2) is 0 Å². The number of rotatable bonds is 9. The first-order valence-electron chi connectivity index (χ1n) is 9.34. The number of para-hydroxylation sites is 3. The van der Waals surface area contributed by atoms with Crippen LogP contribution in [0.2, 0.25) is 0 Å². The topological polar surface area (TPSA) is 77.1 Å². The fourth-order valence-corrected chi connectivity index (χ4v) is 3.16. The summed E-state index contributed by atoms with van der Waals surface area (Å²) >= 11 is 0. The van der Waals surface area contributed by atoms with Gasteiger partial charge in [0.15, 0.2) is 0 Å². The lowest BCUT2D eigenvalue weighted by Crippen LogP contribution is -2.35. The monoisotopic (exact) mass is 396 g/mol. The lowest BCUT2D eigenvalue weighted by molar-refractivity contribution is -0.137. The van der Waals surface area contributed by atoms with Crippen LogP contribution in [0.15, 0.2) is 54.2 Å². The molecule has 0 bridgehead atoms. The molecule has 0 fully saturated rings. The summed E-state index contributed by atoms with van der Waals surface area (Å²) in [5.74, 6) is 0.291. The Morgan fingerprint density at radius 3 is 2.31 bits per heavy atom. The first-order chi connectivity index (χ1) is 14.1. The summed E-state index contributed by atoms with van der Waals surface area (Å²) in [6.07, 6.45) is 0. The van der Waals surface area contributed by atoms with Crippen LogP contribution in [0.1, 0.15) is 12.5 Å². The molecule has 2 aromatic carbocycles. The van der Waals surface area contributed by atoms with Crippen molar-refractivity contribution in [2.24, 2.45) is 0 Å². The van der Waals surface area contributed by atoms with E-state index in [1.165, 1.54) is 19.1 Å². The SMILES string of the molecule is CCOc1ccccc1NC1=C(c2ccccc2OC)C(=O)N(CCOC)C1=O. The zero-order valence-electron chi connectivity index (χ0n) is 16.7. The Balaban J connectivity index is 2.10. The highest BCUT2D eigenvalue weighted by atomic mass is 16.5. The van der Waals surface area contributed by atoms with Gasteiger partial charge in [0.25, 0.3) is 11.8 Å². The van der Waals surface area contributed by atoms with Crippen molar-refractivity contribution in [2.45, 2.75) is 6.92 Å². The maximum Gasteiger partial charge on any atom is 0.278 e. The molecule has 0 aromatic heterocycles. The quantitative estimate of drug-likeness (QED) is 0.657. The van der Waals surface area contributed by atoms with Crippen molar-refractivity contribution >= 4 is 23.1 Å². The van der Waals surface area contributed by atoms with Crippen LogP contribution in [0.25, 0.3) is 5.57 Å². The standard InChI is InChI=1S/C22H24N2O5/c1-4-29-18-12-8-6-10-16(18)23-20-19(15-9-5-7-11-17(15)28-3)21(25)24(22(20)26)13-14-27-2/h5-12,23H,4,13-14H2,1-3H3. The van der Waals surface area contributed by atoms with E-state index in [4.69, 9.17) is 14.2 Å². The zero-order chi connectivity index (χ0) is 20.8. The molecule has 7 heteroatoms. The number of ether oxygens (including phenoxy) is 3. The smallest absolute Gasteiger partial charge is 0.278 e. The maximum absolute atomic E-state index is 13.2. The van der Waals surface area contributed by atoms with Gasteiger partial charge in [0, 0.05) is 12.7 Å². The first-order valence-corrected chi connectivity index (χ1v) is 9.34. The zero-order valence-corrected chi connectivity index (χ0v) is 16.7. The number of amides is 2. The van der Waals surface area contributed by atoms with Gasteiger partial charge in [-0.15, -0.1) is 0 Å². The number of carbonyl (C=O) groups is 2. The molecule has 152 valence electrons. The van der Waals surface area contributed by atoms with Crippen LogP contribution in [-0.4, -0.2) is 50.7 Å². The molecule has 1 aliphatic heterocycles. The maximum atomic E-state index is 13.2. The summed E-state index contributed by atoms with van der Waals surface area (Å²) in [6, 6.07) is 14.4. The van der Waals surface area contributed by atoms with Gasteiger partial charge in [-0.2, -0.15) is 0 Å². The molecular weight excluding hydrogens is 372 g/mol. The summed E-state index contributed by atoms with van der Waals surface area (Å²) in [5, 5.41) is 3.13. The van der Waals surface area contributed by atoms with Gasteiger partial charge in [-0.05, 0) is 25.1 Å². The van der Waals surface area contributed by atoms with E-state index < -0.39 is 11.8 Å². The summed E-state index contributed by atoms with van der Waals surface area (Å²) in [6.45, 7) is 2.77. The Hall–Kier alpha value is -3.32. The van der Waals surface area contributed by atoms with Crippen LogP contribution in [-0.2, 0) is 14.3 Å². The number of carbonyl (C=O) groups excluding carboxylic acids is 2. The number of imide groups is 1. The average Bonchev–Trinajstić information content (AvgIpc) is 2.97. The molecule has 7 nitrogen and oxygen atoms in total. The average molecular weight is 396 g/mol. The third kappa shape index (κ3) is 4.09. The van der Waals surface area contributed by atoms with E-state index in [1.54, 1.807) is 30.3 Å². The lowest BCUT2D eigenvalue weighted by Gasteiger charge is -2.15. The van der Waals surface area contributed by atoms with Gasteiger partial charge in [-0.3, -0.25) is 14.5 Å². The number of benzene rings is 2. The number of hydrogen-bond donors (Lipinski definition) is 1. The van der Waals surface area contributed by atoms with Crippen molar-refractivity contribution in [3.63, 3.8) is 0 Å².